The van der Waals surface area contributed by atoms with Gasteiger partial charge in [0, 0.05) is 23.7 Å². The molecule has 88 valence electrons. The van der Waals surface area contributed by atoms with Gasteiger partial charge < -0.3 is 0 Å². The van der Waals surface area contributed by atoms with E-state index < -0.39 is 0 Å². The molecule has 2 aliphatic rings. The van der Waals surface area contributed by atoms with E-state index in [9.17, 15) is 0 Å². The molecule has 0 radical (unpaired) electrons. The second-order valence-electron chi connectivity index (χ2n) is 6.84. The minimum Gasteiger partial charge on any atom is -0.299 e. The quantitative estimate of drug-likeness (QED) is 0.655. The van der Waals surface area contributed by atoms with Gasteiger partial charge in [0.1, 0.15) is 0 Å². The van der Waals surface area contributed by atoms with E-state index in [2.05, 4.69) is 44.4 Å². The van der Waals surface area contributed by atoms with Crippen LogP contribution >= 0.6 is 0 Å². The zero-order chi connectivity index (χ0) is 11.3. The molecule has 2 aliphatic heterocycles. The smallest absolute Gasteiger partial charge is 0.0241 e. The highest BCUT2D eigenvalue weighted by molar-refractivity contribution is 5.02. The van der Waals surface area contributed by atoms with E-state index in [0.29, 0.717) is 11.1 Å². The Morgan fingerprint density at radius 1 is 1.13 bits per heavy atom. The monoisotopic (exact) mass is 210 g/mol. The molecule has 0 unspecified atom stereocenters. The predicted octanol–water partition coefficient (Wildman–Crippen LogP) is 2.34. The molecule has 0 N–H and O–H groups in total. The van der Waals surface area contributed by atoms with Crippen molar-refractivity contribution >= 4 is 0 Å². The van der Waals surface area contributed by atoms with Gasteiger partial charge in [-0.25, -0.2) is 0 Å². The molecule has 2 rings (SSSR count). The fraction of sp³-hybridized carbons (Fsp3) is 1.00. The van der Waals surface area contributed by atoms with Gasteiger partial charge in [-0.1, -0.05) is 0 Å². The summed E-state index contributed by atoms with van der Waals surface area (Å²) in [6.07, 6.45) is 2.75. The van der Waals surface area contributed by atoms with Crippen molar-refractivity contribution in [1.82, 2.24) is 9.80 Å². The minimum atomic E-state index is 0.309. The van der Waals surface area contributed by atoms with Gasteiger partial charge in [-0.15, -0.1) is 0 Å². The lowest BCUT2D eigenvalue weighted by Crippen LogP contribution is -2.51. The van der Waals surface area contributed by atoms with E-state index in [-0.39, 0.29) is 0 Å². The largest absolute Gasteiger partial charge is 0.299 e. The van der Waals surface area contributed by atoms with Gasteiger partial charge in [-0.3, -0.25) is 9.80 Å². The van der Waals surface area contributed by atoms with Crippen molar-refractivity contribution in [3.8, 4) is 0 Å². The molecular formula is C13H26N2. The summed E-state index contributed by atoms with van der Waals surface area (Å²) in [6.45, 7) is 15.7. The Morgan fingerprint density at radius 2 is 1.73 bits per heavy atom. The Labute approximate surface area is 94.6 Å². The van der Waals surface area contributed by atoms with E-state index in [4.69, 9.17) is 0 Å². The molecule has 0 aromatic heterocycles. The molecule has 2 fully saturated rings. The van der Waals surface area contributed by atoms with Crippen LogP contribution in [0.1, 0.15) is 47.5 Å². The topological polar surface area (TPSA) is 6.48 Å². The van der Waals surface area contributed by atoms with Gasteiger partial charge in [0.25, 0.3) is 0 Å². The molecule has 0 saturated carbocycles. The Morgan fingerprint density at radius 3 is 2.07 bits per heavy atom. The van der Waals surface area contributed by atoms with Crippen molar-refractivity contribution < 1.29 is 0 Å². The first-order valence-electron chi connectivity index (χ1n) is 6.32. The normalized spacial score (nSPS) is 33.0. The van der Waals surface area contributed by atoms with Crippen molar-refractivity contribution in [2.24, 2.45) is 0 Å². The Balaban J connectivity index is 2.07. The van der Waals surface area contributed by atoms with Crippen molar-refractivity contribution in [3.05, 3.63) is 0 Å². The third-order valence-corrected chi connectivity index (χ3v) is 4.08. The molecule has 2 nitrogen and oxygen atoms in total. The van der Waals surface area contributed by atoms with E-state index >= 15 is 0 Å². The molecular weight excluding hydrogens is 184 g/mol. The van der Waals surface area contributed by atoms with Gasteiger partial charge in [0.05, 0.1) is 0 Å². The number of nitrogens with zero attached hydrogens (tertiary/aromatic N) is 2. The summed E-state index contributed by atoms with van der Waals surface area (Å²) in [7, 11) is 0. The Bertz CT molecular complexity index is 235. The second kappa shape index (κ2) is 3.46. The Kier molecular flexibility index (Phi) is 2.63. The highest BCUT2D eigenvalue weighted by atomic mass is 15.3. The summed E-state index contributed by atoms with van der Waals surface area (Å²) >= 11 is 0. The fourth-order valence-electron chi connectivity index (χ4n) is 3.34. The van der Waals surface area contributed by atoms with Crippen LogP contribution in [0.3, 0.4) is 0 Å². The average Bonchev–Trinajstić information content (AvgIpc) is 2.20. The first kappa shape index (κ1) is 11.4. The van der Waals surface area contributed by atoms with Crippen LogP contribution in [0.2, 0.25) is 0 Å². The summed E-state index contributed by atoms with van der Waals surface area (Å²) in [5, 5.41) is 0. The van der Waals surface area contributed by atoms with Crippen LogP contribution in [0.15, 0.2) is 0 Å². The molecule has 0 aromatic rings. The van der Waals surface area contributed by atoms with E-state index in [1.54, 1.807) is 0 Å². The molecule has 0 spiro atoms. The molecule has 0 bridgehead atoms. The summed E-state index contributed by atoms with van der Waals surface area (Å²) in [5.74, 6) is 0. The average molecular weight is 210 g/mol. The van der Waals surface area contributed by atoms with Crippen molar-refractivity contribution in [1.29, 1.82) is 0 Å². The summed E-state index contributed by atoms with van der Waals surface area (Å²) in [4.78, 5) is 5.34. The molecule has 2 saturated heterocycles. The van der Waals surface area contributed by atoms with Crippen molar-refractivity contribution in [2.45, 2.75) is 64.6 Å². The summed E-state index contributed by atoms with van der Waals surface area (Å²) in [5.41, 5.74) is 0.682. The first-order valence-corrected chi connectivity index (χ1v) is 6.32. The van der Waals surface area contributed by atoms with Gasteiger partial charge in [0.15, 0.2) is 0 Å². The van der Waals surface area contributed by atoms with Crippen LogP contribution < -0.4 is 0 Å². The van der Waals surface area contributed by atoms with Crippen LogP contribution in [0, 0.1) is 0 Å². The van der Waals surface area contributed by atoms with Gasteiger partial charge in [0.2, 0.25) is 0 Å². The molecule has 0 aliphatic carbocycles. The molecule has 0 amide bonds. The van der Waals surface area contributed by atoms with E-state index in [0.717, 1.165) is 6.04 Å². The maximum Gasteiger partial charge on any atom is 0.0241 e. The first-order chi connectivity index (χ1) is 6.81. The molecule has 2 heterocycles. The highest BCUT2D eigenvalue weighted by Gasteiger charge is 2.45. The third-order valence-electron chi connectivity index (χ3n) is 4.08. The van der Waals surface area contributed by atoms with Crippen LogP contribution in [-0.2, 0) is 0 Å². The lowest BCUT2D eigenvalue weighted by molar-refractivity contribution is 0.0619. The van der Waals surface area contributed by atoms with Gasteiger partial charge in [-0.2, -0.15) is 0 Å². The van der Waals surface area contributed by atoms with Crippen LogP contribution in [-0.4, -0.2) is 46.6 Å². The fourth-order valence-corrected chi connectivity index (χ4v) is 3.34. The van der Waals surface area contributed by atoms with E-state index in [1.807, 2.05) is 0 Å². The number of likely N-dealkylation sites (tertiary alicyclic amines) is 2. The maximum absolute atomic E-state index is 2.68. The predicted molar refractivity (Wildman–Crippen MR) is 65.1 cm³/mol. The van der Waals surface area contributed by atoms with Crippen LogP contribution in [0.5, 0.6) is 0 Å². The molecule has 15 heavy (non-hydrogen) atoms. The molecule has 1 atom stereocenters. The highest BCUT2D eigenvalue weighted by Crippen LogP contribution is 2.37. The third kappa shape index (κ3) is 2.07. The van der Waals surface area contributed by atoms with E-state index in [1.165, 1.54) is 32.5 Å². The lowest BCUT2D eigenvalue weighted by atomic mass is 9.95. The molecule has 0 aromatic carbocycles. The van der Waals surface area contributed by atoms with Crippen molar-refractivity contribution in [2.75, 3.05) is 19.6 Å². The number of hydrogen-bond acceptors (Lipinski definition) is 2. The van der Waals surface area contributed by atoms with Crippen molar-refractivity contribution in [3.63, 3.8) is 0 Å². The number of hydrogen-bond donors (Lipinski definition) is 0. The molecule has 2 heteroatoms. The SMILES string of the molecule is CC(C)(C)N1C[C@H](N2CCC2)CC1(C)C. The Hall–Kier alpha value is -0.0800. The summed E-state index contributed by atoms with van der Waals surface area (Å²) < 4.78 is 0. The minimum absolute atomic E-state index is 0.309. The number of rotatable bonds is 1. The second-order valence-corrected chi connectivity index (χ2v) is 6.84. The van der Waals surface area contributed by atoms with Gasteiger partial charge >= 0.3 is 0 Å². The standard InChI is InChI=1S/C13H26N2/c1-12(2,3)15-10-11(9-13(15,4)5)14-7-6-8-14/h11H,6-10H2,1-5H3/t11-/m1/s1. The van der Waals surface area contributed by atoms with Crippen LogP contribution in [0.25, 0.3) is 0 Å². The zero-order valence-corrected chi connectivity index (χ0v) is 11.0. The zero-order valence-electron chi connectivity index (χ0n) is 11.0. The summed E-state index contributed by atoms with van der Waals surface area (Å²) in [6, 6.07) is 0.813. The maximum atomic E-state index is 2.68. The lowest BCUT2D eigenvalue weighted by Gasteiger charge is -2.42. The van der Waals surface area contributed by atoms with Gasteiger partial charge in [-0.05, 0) is 60.5 Å². The van der Waals surface area contributed by atoms with Crippen LogP contribution in [0.4, 0.5) is 0 Å².